The zero-order chi connectivity index (χ0) is 13.0. The summed E-state index contributed by atoms with van der Waals surface area (Å²) in [5.74, 6) is 2.77. The molecule has 104 valence electrons. The largest absolute Gasteiger partial charge is 0.392 e. The van der Waals surface area contributed by atoms with E-state index in [1.807, 2.05) is 0 Å². The van der Waals surface area contributed by atoms with E-state index < -0.39 is 0 Å². The molecule has 5 rings (SSSR count). The van der Waals surface area contributed by atoms with E-state index in [9.17, 15) is 5.11 Å². The lowest BCUT2D eigenvalue weighted by Crippen LogP contribution is -2.52. The van der Waals surface area contributed by atoms with Crippen molar-refractivity contribution in [3.63, 3.8) is 0 Å². The monoisotopic (exact) mass is 340 g/mol. The van der Waals surface area contributed by atoms with Gasteiger partial charge in [-0.1, -0.05) is 0 Å². The average molecular weight is 341 g/mol. The standard InChI is InChI=1S/C16H21BrOS/c17-13-1-2-19-14(13)6-15(18)16-7-10-3-11(8-16)5-12(4-10)9-16/h1-2,10-12,15,18H,3-9H2. The third-order valence-electron chi connectivity index (χ3n) is 5.86. The number of hydrogen-bond acceptors (Lipinski definition) is 2. The fourth-order valence-electron chi connectivity index (χ4n) is 5.45. The van der Waals surface area contributed by atoms with Crippen LogP contribution in [0.25, 0.3) is 0 Å². The second-order valence-electron chi connectivity index (χ2n) is 7.19. The van der Waals surface area contributed by atoms with Crippen molar-refractivity contribution in [3.05, 3.63) is 20.8 Å². The van der Waals surface area contributed by atoms with Crippen LogP contribution in [-0.4, -0.2) is 11.2 Å². The maximum absolute atomic E-state index is 10.9. The van der Waals surface area contributed by atoms with Crippen LogP contribution >= 0.6 is 27.3 Å². The summed E-state index contributed by atoms with van der Waals surface area (Å²) in [4.78, 5) is 1.32. The second kappa shape index (κ2) is 4.57. The lowest BCUT2D eigenvalue weighted by Gasteiger charge is -2.58. The van der Waals surface area contributed by atoms with Gasteiger partial charge in [-0.05, 0) is 89.1 Å². The first-order chi connectivity index (χ1) is 9.14. The van der Waals surface area contributed by atoms with Crippen molar-refractivity contribution >= 4 is 27.3 Å². The van der Waals surface area contributed by atoms with Crippen LogP contribution in [0, 0.1) is 23.2 Å². The summed E-state index contributed by atoms with van der Waals surface area (Å²) in [6.07, 6.45) is 8.97. The minimum Gasteiger partial charge on any atom is -0.392 e. The zero-order valence-electron chi connectivity index (χ0n) is 11.1. The molecule has 4 aliphatic carbocycles. The molecule has 0 aliphatic heterocycles. The molecule has 4 aliphatic rings. The van der Waals surface area contributed by atoms with E-state index in [4.69, 9.17) is 0 Å². The predicted octanol–water partition coefficient (Wildman–Crippen LogP) is 4.63. The predicted molar refractivity (Wildman–Crippen MR) is 82.3 cm³/mol. The second-order valence-corrected chi connectivity index (χ2v) is 9.05. The number of aliphatic hydroxyl groups excluding tert-OH is 1. The van der Waals surface area contributed by atoms with Crippen LogP contribution in [0.15, 0.2) is 15.9 Å². The van der Waals surface area contributed by atoms with E-state index in [0.717, 1.165) is 24.2 Å². The van der Waals surface area contributed by atoms with Gasteiger partial charge in [-0.2, -0.15) is 0 Å². The molecule has 4 bridgehead atoms. The first-order valence-corrected chi connectivity index (χ1v) is 9.22. The van der Waals surface area contributed by atoms with Crippen molar-refractivity contribution < 1.29 is 5.11 Å². The maximum Gasteiger partial charge on any atom is 0.0645 e. The van der Waals surface area contributed by atoms with Crippen molar-refractivity contribution in [1.82, 2.24) is 0 Å². The van der Waals surface area contributed by atoms with E-state index >= 15 is 0 Å². The number of halogens is 1. The van der Waals surface area contributed by atoms with Gasteiger partial charge in [0.25, 0.3) is 0 Å². The van der Waals surface area contributed by atoms with Gasteiger partial charge in [0.2, 0.25) is 0 Å². The Morgan fingerprint density at radius 1 is 1.21 bits per heavy atom. The highest BCUT2D eigenvalue weighted by Crippen LogP contribution is 2.61. The molecule has 1 nitrogen and oxygen atoms in total. The first kappa shape index (κ1) is 12.8. The van der Waals surface area contributed by atoms with Crippen molar-refractivity contribution in [2.75, 3.05) is 0 Å². The first-order valence-electron chi connectivity index (χ1n) is 7.54. The third kappa shape index (κ3) is 2.13. The normalized spacial score (nSPS) is 41.7. The van der Waals surface area contributed by atoms with Gasteiger partial charge in [-0.15, -0.1) is 11.3 Å². The van der Waals surface area contributed by atoms with Crippen LogP contribution < -0.4 is 0 Å². The van der Waals surface area contributed by atoms with Crippen molar-refractivity contribution in [2.45, 2.75) is 51.0 Å². The molecule has 4 fully saturated rings. The molecule has 19 heavy (non-hydrogen) atoms. The Bertz CT molecular complexity index is 446. The van der Waals surface area contributed by atoms with Crippen molar-refractivity contribution in [3.8, 4) is 0 Å². The fourth-order valence-corrected chi connectivity index (χ4v) is 7.00. The average Bonchev–Trinajstić information content (AvgIpc) is 2.73. The molecule has 0 saturated heterocycles. The number of thiophene rings is 1. The number of hydrogen-bond donors (Lipinski definition) is 1. The summed E-state index contributed by atoms with van der Waals surface area (Å²) < 4.78 is 1.18. The molecule has 1 heterocycles. The van der Waals surface area contributed by atoms with Crippen LogP contribution in [0.2, 0.25) is 0 Å². The summed E-state index contributed by atoms with van der Waals surface area (Å²) in [5, 5.41) is 13.0. The molecule has 3 heteroatoms. The molecule has 0 radical (unpaired) electrons. The van der Waals surface area contributed by atoms with E-state index in [2.05, 4.69) is 27.4 Å². The Hall–Kier alpha value is 0.140. The lowest BCUT2D eigenvalue weighted by atomic mass is 9.48. The Balaban J connectivity index is 1.56. The molecule has 1 aromatic heterocycles. The van der Waals surface area contributed by atoms with E-state index in [0.29, 0.717) is 0 Å². The zero-order valence-corrected chi connectivity index (χ0v) is 13.5. The lowest BCUT2D eigenvalue weighted by molar-refractivity contribution is -0.119. The molecule has 0 amide bonds. The minimum absolute atomic E-state index is 0.129. The van der Waals surface area contributed by atoms with Gasteiger partial charge in [0, 0.05) is 15.8 Å². The van der Waals surface area contributed by atoms with Gasteiger partial charge >= 0.3 is 0 Å². The summed E-state index contributed by atoms with van der Waals surface area (Å²) in [6, 6.07) is 2.10. The summed E-state index contributed by atoms with van der Waals surface area (Å²) in [6.45, 7) is 0. The Morgan fingerprint density at radius 2 is 1.79 bits per heavy atom. The topological polar surface area (TPSA) is 20.2 Å². The van der Waals surface area contributed by atoms with Gasteiger partial charge < -0.3 is 5.11 Å². The van der Waals surface area contributed by atoms with Gasteiger partial charge in [-0.3, -0.25) is 0 Å². The molecule has 1 atom stereocenters. The van der Waals surface area contributed by atoms with E-state index in [1.54, 1.807) is 11.3 Å². The van der Waals surface area contributed by atoms with Crippen LogP contribution in [0.3, 0.4) is 0 Å². The molecule has 1 N–H and O–H groups in total. The molecule has 1 unspecified atom stereocenters. The Morgan fingerprint density at radius 3 is 2.26 bits per heavy atom. The Kier molecular flexibility index (Phi) is 3.09. The maximum atomic E-state index is 10.9. The van der Waals surface area contributed by atoms with Crippen molar-refractivity contribution in [1.29, 1.82) is 0 Å². The smallest absolute Gasteiger partial charge is 0.0645 e. The third-order valence-corrected chi connectivity index (χ3v) is 7.81. The molecule has 4 saturated carbocycles. The van der Waals surface area contributed by atoms with Crippen LogP contribution in [0.5, 0.6) is 0 Å². The number of rotatable bonds is 3. The van der Waals surface area contributed by atoms with E-state index in [-0.39, 0.29) is 11.5 Å². The van der Waals surface area contributed by atoms with Gasteiger partial charge in [-0.25, -0.2) is 0 Å². The Labute approximate surface area is 127 Å². The molecule has 0 spiro atoms. The van der Waals surface area contributed by atoms with Gasteiger partial charge in [0.15, 0.2) is 0 Å². The SMILES string of the molecule is OC(Cc1sccc1Br)C12CC3CC(CC(C3)C1)C2. The van der Waals surface area contributed by atoms with Crippen LogP contribution in [-0.2, 0) is 6.42 Å². The van der Waals surface area contributed by atoms with Crippen LogP contribution in [0.4, 0.5) is 0 Å². The summed E-state index contributed by atoms with van der Waals surface area (Å²) in [7, 11) is 0. The highest BCUT2D eigenvalue weighted by atomic mass is 79.9. The van der Waals surface area contributed by atoms with Crippen LogP contribution in [0.1, 0.15) is 43.4 Å². The quantitative estimate of drug-likeness (QED) is 0.850. The van der Waals surface area contributed by atoms with Gasteiger partial charge in [0.1, 0.15) is 0 Å². The molecule has 0 aromatic carbocycles. The fraction of sp³-hybridized carbons (Fsp3) is 0.750. The summed E-state index contributed by atoms with van der Waals surface area (Å²) in [5.41, 5.74) is 0.262. The highest BCUT2D eigenvalue weighted by molar-refractivity contribution is 9.10. The molecular formula is C16H21BrOS. The highest BCUT2D eigenvalue weighted by Gasteiger charge is 2.53. The molecular weight excluding hydrogens is 320 g/mol. The number of aliphatic hydroxyl groups is 1. The van der Waals surface area contributed by atoms with E-state index in [1.165, 1.54) is 47.9 Å². The van der Waals surface area contributed by atoms with Crippen molar-refractivity contribution in [2.24, 2.45) is 23.2 Å². The van der Waals surface area contributed by atoms with Gasteiger partial charge in [0.05, 0.1) is 6.10 Å². The minimum atomic E-state index is -0.129. The molecule has 1 aromatic rings. The summed E-state index contributed by atoms with van der Waals surface area (Å²) >= 11 is 5.38.